The molecule has 0 aliphatic heterocycles. The van der Waals surface area contributed by atoms with E-state index >= 15 is 0 Å². The fourth-order valence-corrected chi connectivity index (χ4v) is 1.52. The normalized spacial score (nSPS) is 9.27. The minimum atomic E-state index is 0.637. The summed E-state index contributed by atoms with van der Waals surface area (Å²) in [5, 5.41) is 4.10. The van der Waals surface area contributed by atoms with Gasteiger partial charge in [0.05, 0.1) is 11.9 Å². The van der Waals surface area contributed by atoms with Crippen LogP contribution in [-0.2, 0) is 0 Å². The molecule has 2 rings (SSSR count). The minimum Gasteiger partial charge on any atom is -0.384 e. The summed E-state index contributed by atoms with van der Waals surface area (Å²) in [4.78, 5) is 0. The van der Waals surface area contributed by atoms with Crippen LogP contribution in [0.15, 0.2) is 41.0 Å². The third kappa shape index (κ3) is 2.83. The highest BCUT2D eigenvalue weighted by Crippen LogP contribution is 2.16. The first kappa shape index (κ1) is 11.8. The van der Waals surface area contributed by atoms with Gasteiger partial charge < -0.3 is 5.73 Å². The van der Waals surface area contributed by atoms with Crippen molar-refractivity contribution in [3.05, 3.63) is 41.0 Å². The lowest BCUT2D eigenvalue weighted by Gasteiger charge is -2.03. The van der Waals surface area contributed by atoms with Gasteiger partial charge in [-0.05, 0) is 18.2 Å². The van der Waals surface area contributed by atoms with Crippen molar-refractivity contribution < 1.29 is 0 Å². The van der Waals surface area contributed by atoms with Gasteiger partial charge in [-0.25, -0.2) is 4.68 Å². The average molecular weight is 268 g/mol. The molecule has 0 radical (unpaired) electrons. The van der Waals surface area contributed by atoms with Gasteiger partial charge in [0, 0.05) is 10.5 Å². The number of hydrogen-bond acceptors (Lipinski definition) is 2. The largest absolute Gasteiger partial charge is 0.384 e. The number of aromatic nitrogens is 2. The third-order valence-corrected chi connectivity index (χ3v) is 2.22. The molecule has 0 spiro atoms. The van der Waals surface area contributed by atoms with Crippen LogP contribution in [-0.4, -0.2) is 9.78 Å². The average Bonchev–Trinajstić information content (AvgIpc) is 2.67. The van der Waals surface area contributed by atoms with E-state index in [0.29, 0.717) is 5.82 Å². The number of hydrogen-bond donors (Lipinski definition) is 1. The Labute approximate surface area is 98.0 Å². The predicted octanol–water partition coefficient (Wildman–Crippen LogP) is 3.24. The monoisotopic (exact) mass is 267 g/mol. The summed E-state index contributed by atoms with van der Waals surface area (Å²) in [6.45, 7) is 4.00. The number of nitrogens with two attached hydrogens (primary N) is 1. The maximum absolute atomic E-state index is 5.71. The Hall–Kier alpha value is -1.29. The van der Waals surface area contributed by atoms with Crippen molar-refractivity contribution in [3.63, 3.8) is 0 Å². The highest BCUT2D eigenvalue weighted by Gasteiger charge is 2.00. The van der Waals surface area contributed by atoms with Crippen LogP contribution >= 0.6 is 15.9 Å². The van der Waals surface area contributed by atoms with E-state index in [0.717, 1.165) is 10.2 Å². The van der Waals surface area contributed by atoms with Gasteiger partial charge in [-0.1, -0.05) is 35.8 Å². The first-order chi connectivity index (χ1) is 7.27. The van der Waals surface area contributed by atoms with Crippen LogP contribution in [0.4, 0.5) is 5.82 Å². The van der Waals surface area contributed by atoms with Gasteiger partial charge in [0.2, 0.25) is 0 Å². The SMILES string of the molecule is CC.Nc1ccnn1-c1cccc(Br)c1. The number of rotatable bonds is 1. The summed E-state index contributed by atoms with van der Waals surface area (Å²) in [5.74, 6) is 0.637. The highest BCUT2D eigenvalue weighted by molar-refractivity contribution is 9.10. The summed E-state index contributed by atoms with van der Waals surface area (Å²) < 4.78 is 2.70. The fourth-order valence-electron chi connectivity index (χ4n) is 1.14. The summed E-state index contributed by atoms with van der Waals surface area (Å²) in [5.41, 5.74) is 6.66. The first-order valence-corrected chi connectivity index (χ1v) is 5.62. The van der Waals surface area contributed by atoms with Gasteiger partial charge in [-0.2, -0.15) is 5.10 Å². The van der Waals surface area contributed by atoms with E-state index in [1.165, 1.54) is 0 Å². The molecule has 3 nitrogen and oxygen atoms in total. The fraction of sp³-hybridized carbons (Fsp3) is 0.182. The Bertz CT molecular complexity index is 423. The van der Waals surface area contributed by atoms with Crippen LogP contribution in [0.5, 0.6) is 0 Å². The summed E-state index contributed by atoms with van der Waals surface area (Å²) in [6, 6.07) is 9.59. The molecule has 1 heterocycles. The van der Waals surface area contributed by atoms with Crippen LogP contribution in [0.2, 0.25) is 0 Å². The van der Waals surface area contributed by atoms with E-state index in [4.69, 9.17) is 5.73 Å². The third-order valence-electron chi connectivity index (χ3n) is 1.72. The molecule has 0 atom stereocenters. The van der Waals surface area contributed by atoms with E-state index in [1.54, 1.807) is 16.9 Å². The van der Waals surface area contributed by atoms with Gasteiger partial charge in [-0.15, -0.1) is 0 Å². The number of nitrogens with zero attached hydrogens (tertiary/aromatic N) is 2. The molecular weight excluding hydrogens is 254 g/mol. The second-order valence-corrected chi connectivity index (χ2v) is 3.56. The molecule has 2 aromatic rings. The van der Waals surface area contributed by atoms with Gasteiger partial charge in [0.25, 0.3) is 0 Å². The molecule has 80 valence electrons. The minimum absolute atomic E-state index is 0.637. The van der Waals surface area contributed by atoms with Crippen LogP contribution < -0.4 is 5.73 Å². The zero-order valence-corrected chi connectivity index (χ0v) is 10.4. The van der Waals surface area contributed by atoms with Crippen LogP contribution in [0, 0.1) is 0 Å². The van der Waals surface area contributed by atoms with Gasteiger partial charge in [0.1, 0.15) is 5.82 Å². The lowest BCUT2D eigenvalue weighted by atomic mass is 10.3. The molecule has 0 bridgehead atoms. The predicted molar refractivity (Wildman–Crippen MR) is 67.0 cm³/mol. The Morgan fingerprint density at radius 2 is 2.00 bits per heavy atom. The smallest absolute Gasteiger partial charge is 0.127 e. The topological polar surface area (TPSA) is 43.8 Å². The molecule has 0 aliphatic rings. The van der Waals surface area contributed by atoms with Crippen molar-refractivity contribution in [3.8, 4) is 5.69 Å². The molecule has 0 saturated carbocycles. The first-order valence-electron chi connectivity index (χ1n) is 4.83. The lowest BCUT2D eigenvalue weighted by Crippen LogP contribution is -2.00. The van der Waals surface area contributed by atoms with E-state index in [-0.39, 0.29) is 0 Å². The molecule has 4 heteroatoms. The number of benzene rings is 1. The summed E-state index contributed by atoms with van der Waals surface area (Å²) in [6.07, 6.45) is 1.68. The van der Waals surface area contributed by atoms with Crippen molar-refractivity contribution >= 4 is 21.7 Å². The molecular formula is C11H14BrN3. The Morgan fingerprint density at radius 1 is 1.27 bits per heavy atom. The Balaban J connectivity index is 0.000000531. The van der Waals surface area contributed by atoms with Crippen molar-refractivity contribution in [2.75, 3.05) is 5.73 Å². The maximum Gasteiger partial charge on any atom is 0.127 e. The van der Waals surface area contributed by atoms with Crippen molar-refractivity contribution in [2.24, 2.45) is 0 Å². The number of halogens is 1. The van der Waals surface area contributed by atoms with Crippen molar-refractivity contribution in [2.45, 2.75) is 13.8 Å². The second kappa shape index (κ2) is 5.56. The number of anilines is 1. The standard InChI is InChI=1S/C9H8BrN3.C2H6/c10-7-2-1-3-8(6-7)13-9(11)4-5-12-13;1-2/h1-6H,11H2;1-2H3. The molecule has 0 saturated heterocycles. The Morgan fingerprint density at radius 3 is 2.53 bits per heavy atom. The van der Waals surface area contributed by atoms with E-state index in [1.807, 2.05) is 38.1 Å². The number of nitrogen functional groups attached to an aromatic ring is 1. The molecule has 15 heavy (non-hydrogen) atoms. The van der Waals surface area contributed by atoms with E-state index < -0.39 is 0 Å². The van der Waals surface area contributed by atoms with Gasteiger partial charge >= 0.3 is 0 Å². The second-order valence-electron chi connectivity index (χ2n) is 2.65. The van der Waals surface area contributed by atoms with Crippen molar-refractivity contribution in [1.82, 2.24) is 9.78 Å². The molecule has 2 N–H and O–H groups in total. The van der Waals surface area contributed by atoms with Gasteiger partial charge in [0.15, 0.2) is 0 Å². The van der Waals surface area contributed by atoms with Crippen LogP contribution in [0.3, 0.4) is 0 Å². The quantitative estimate of drug-likeness (QED) is 0.862. The zero-order chi connectivity index (χ0) is 11.3. The van der Waals surface area contributed by atoms with Gasteiger partial charge in [-0.3, -0.25) is 0 Å². The molecule has 0 aliphatic carbocycles. The van der Waals surface area contributed by atoms with E-state index in [9.17, 15) is 0 Å². The molecule has 0 fully saturated rings. The summed E-state index contributed by atoms with van der Waals surface area (Å²) >= 11 is 3.39. The zero-order valence-electron chi connectivity index (χ0n) is 8.81. The lowest BCUT2D eigenvalue weighted by molar-refractivity contribution is 0.890. The highest BCUT2D eigenvalue weighted by atomic mass is 79.9. The van der Waals surface area contributed by atoms with Crippen LogP contribution in [0.1, 0.15) is 13.8 Å². The molecule has 1 aromatic heterocycles. The summed E-state index contributed by atoms with van der Waals surface area (Å²) in [7, 11) is 0. The Kier molecular flexibility index (Phi) is 4.37. The van der Waals surface area contributed by atoms with E-state index in [2.05, 4.69) is 21.0 Å². The molecule has 0 unspecified atom stereocenters. The molecule has 0 amide bonds. The maximum atomic E-state index is 5.71. The van der Waals surface area contributed by atoms with Crippen molar-refractivity contribution in [1.29, 1.82) is 0 Å². The molecule has 1 aromatic carbocycles. The van der Waals surface area contributed by atoms with Crippen LogP contribution in [0.25, 0.3) is 5.69 Å².